The number of methoxy groups -OCH3 is 1. The number of fused-ring (bicyclic) bond motifs is 2. The lowest BCUT2D eigenvalue weighted by Gasteiger charge is -2.26. The lowest BCUT2D eigenvalue weighted by Crippen LogP contribution is -2.29. The van der Waals surface area contributed by atoms with Gasteiger partial charge in [0.15, 0.2) is 16.9 Å². The molecule has 1 amide bonds. The third-order valence-electron chi connectivity index (χ3n) is 7.02. The summed E-state index contributed by atoms with van der Waals surface area (Å²) in [6, 6.07) is 20.4. The second-order valence-corrected chi connectivity index (χ2v) is 9.62. The van der Waals surface area contributed by atoms with Crippen molar-refractivity contribution in [1.82, 2.24) is 0 Å². The monoisotopic (exact) mass is 575 g/mol. The summed E-state index contributed by atoms with van der Waals surface area (Å²) in [6.45, 7) is 0.235. The molecule has 0 aliphatic carbocycles. The van der Waals surface area contributed by atoms with Crippen LogP contribution in [0.2, 0.25) is 0 Å². The number of amides is 1. The van der Waals surface area contributed by atoms with Gasteiger partial charge in [-0.3, -0.25) is 14.5 Å². The number of nitrogens with zero attached hydrogens (tertiary/aromatic N) is 1. The third-order valence-corrected chi connectivity index (χ3v) is 7.02. The normalized spacial score (nSPS) is 14.7. The Morgan fingerprint density at radius 2 is 1.67 bits per heavy atom. The molecule has 42 heavy (non-hydrogen) atoms. The van der Waals surface area contributed by atoms with Crippen molar-refractivity contribution >= 4 is 22.6 Å². The van der Waals surface area contributed by atoms with Crippen molar-refractivity contribution in [3.05, 3.63) is 135 Å². The molecule has 10 heteroatoms. The smallest absolute Gasteiger partial charge is 0.416 e. The second-order valence-electron chi connectivity index (χ2n) is 9.62. The van der Waals surface area contributed by atoms with Crippen LogP contribution in [0.25, 0.3) is 11.0 Å². The fourth-order valence-electron chi connectivity index (χ4n) is 5.07. The molecule has 1 aliphatic rings. The lowest BCUT2D eigenvalue weighted by molar-refractivity contribution is -0.137. The maximum absolute atomic E-state index is 14.1. The molecule has 0 N–H and O–H groups in total. The van der Waals surface area contributed by atoms with Crippen LogP contribution in [0.15, 0.2) is 100 Å². The van der Waals surface area contributed by atoms with Gasteiger partial charge in [-0.15, -0.1) is 0 Å². The van der Waals surface area contributed by atoms with Crippen LogP contribution < -0.4 is 19.8 Å². The van der Waals surface area contributed by atoms with Crippen LogP contribution >= 0.6 is 0 Å². The van der Waals surface area contributed by atoms with Crippen LogP contribution in [0.4, 0.5) is 23.2 Å². The van der Waals surface area contributed by atoms with E-state index < -0.39 is 34.9 Å². The summed E-state index contributed by atoms with van der Waals surface area (Å²) in [4.78, 5) is 28.6. The van der Waals surface area contributed by atoms with Gasteiger partial charge in [0.2, 0.25) is 5.76 Å². The Hall–Kier alpha value is -5.12. The zero-order valence-corrected chi connectivity index (χ0v) is 21.9. The first-order chi connectivity index (χ1) is 20.2. The maximum atomic E-state index is 14.1. The van der Waals surface area contributed by atoms with E-state index >= 15 is 0 Å². The summed E-state index contributed by atoms with van der Waals surface area (Å²) in [5.41, 5.74) is -0.670. The van der Waals surface area contributed by atoms with Gasteiger partial charge in [-0.05, 0) is 59.7 Å². The average Bonchev–Trinajstić information content (AvgIpc) is 3.28. The van der Waals surface area contributed by atoms with Crippen molar-refractivity contribution < 1.29 is 36.2 Å². The minimum atomic E-state index is -4.68. The van der Waals surface area contributed by atoms with Crippen molar-refractivity contribution in [2.75, 3.05) is 12.0 Å². The summed E-state index contributed by atoms with van der Waals surface area (Å²) in [5.74, 6) is -1.21. The van der Waals surface area contributed by atoms with Crippen molar-refractivity contribution in [2.24, 2.45) is 0 Å². The fraction of sp³-hybridized carbons (Fsp3) is 0.125. The molecule has 2 heterocycles. The quantitative estimate of drug-likeness (QED) is 0.199. The molecule has 6 nitrogen and oxygen atoms in total. The van der Waals surface area contributed by atoms with Gasteiger partial charge in [-0.25, -0.2) is 4.39 Å². The number of anilines is 1. The molecule has 0 fully saturated rings. The van der Waals surface area contributed by atoms with E-state index in [4.69, 9.17) is 13.9 Å². The number of carbonyl (C=O) groups excluding carboxylic acids is 1. The molecule has 1 aliphatic heterocycles. The van der Waals surface area contributed by atoms with Gasteiger partial charge in [0, 0.05) is 5.69 Å². The van der Waals surface area contributed by atoms with Gasteiger partial charge in [0.1, 0.15) is 18.0 Å². The van der Waals surface area contributed by atoms with E-state index in [9.17, 15) is 27.2 Å². The van der Waals surface area contributed by atoms with Crippen LogP contribution in [0.5, 0.6) is 11.5 Å². The number of hydrogen-bond donors (Lipinski definition) is 0. The SMILES string of the molecule is COc1cc(C2c3c(oc4ccc(F)cc4c3=O)C(=O)N2c2cccc(C(F)(F)F)c2)ccc1OCc1ccccc1. The van der Waals surface area contributed by atoms with Crippen LogP contribution in [0.3, 0.4) is 0 Å². The minimum absolute atomic E-state index is 0.0274. The molecule has 0 spiro atoms. The predicted molar refractivity (Wildman–Crippen MR) is 146 cm³/mol. The molecule has 5 aromatic rings. The molecule has 4 aromatic carbocycles. The second kappa shape index (κ2) is 10.4. The molecule has 6 rings (SSSR count). The minimum Gasteiger partial charge on any atom is -0.493 e. The van der Waals surface area contributed by atoms with Crippen molar-refractivity contribution in [2.45, 2.75) is 18.8 Å². The van der Waals surface area contributed by atoms with Crippen LogP contribution in [-0.4, -0.2) is 13.0 Å². The van der Waals surface area contributed by atoms with Gasteiger partial charge in [-0.1, -0.05) is 42.5 Å². The first-order valence-electron chi connectivity index (χ1n) is 12.8. The highest BCUT2D eigenvalue weighted by atomic mass is 19.4. The third kappa shape index (κ3) is 4.74. The average molecular weight is 576 g/mol. The highest BCUT2D eigenvalue weighted by molar-refractivity contribution is 6.10. The van der Waals surface area contributed by atoms with Crippen LogP contribution in [0, 0.1) is 5.82 Å². The molecular weight excluding hydrogens is 554 g/mol. The van der Waals surface area contributed by atoms with Crippen molar-refractivity contribution in [3.63, 3.8) is 0 Å². The number of benzene rings is 4. The van der Waals surface area contributed by atoms with Gasteiger partial charge in [0.25, 0.3) is 5.91 Å². The van der Waals surface area contributed by atoms with Crippen molar-refractivity contribution in [3.8, 4) is 11.5 Å². The molecular formula is C32H21F4NO5. The van der Waals surface area contributed by atoms with E-state index in [1.165, 1.54) is 25.3 Å². The Kier molecular flexibility index (Phi) is 6.68. The molecule has 0 bridgehead atoms. The fourth-order valence-corrected chi connectivity index (χ4v) is 5.07. The van der Waals surface area contributed by atoms with E-state index in [0.717, 1.165) is 34.7 Å². The number of ether oxygens (including phenoxy) is 2. The van der Waals surface area contributed by atoms with E-state index in [-0.39, 0.29) is 40.3 Å². The maximum Gasteiger partial charge on any atom is 0.416 e. The lowest BCUT2D eigenvalue weighted by atomic mass is 9.97. The van der Waals surface area contributed by atoms with E-state index in [2.05, 4.69) is 0 Å². The van der Waals surface area contributed by atoms with Crippen LogP contribution in [0.1, 0.15) is 38.9 Å². The first-order valence-corrected chi connectivity index (χ1v) is 12.8. The summed E-state index contributed by atoms with van der Waals surface area (Å²) in [6.07, 6.45) is -4.68. The Morgan fingerprint density at radius 1 is 0.881 bits per heavy atom. The number of alkyl halides is 3. The predicted octanol–water partition coefficient (Wildman–Crippen LogP) is 7.29. The molecule has 1 atom stereocenters. The van der Waals surface area contributed by atoms with Crippen LogP contribution in [-0.2, 0) is 12.8 Å². The standard InChI is InChI=1S/C32H21F4NO5/c1-40-26-14-19(10-12-25(26)41-17-18-6-3-2-4-7-18)28-27-29(38)23-16-21(33)11-13-24(23)42-30(27)31(39)37(28)22-9-5-8-20(15-22)32(34,35)36/h2-16,28H,17H2,1H3. The summed E-state index contributed by atoms with van der Waals surface area (Å²) < 4.78 is 72.2. The number of halogens is 4. The van der Waals surface area contributed by atoms with Gasteiger partial charge in [0.05, 0.1) is 29.7 Å². The Balaban J connectivity index is 1.51. The summed E-state index contributed by atoms with van der Waals surface area (Å²) >= 11 is 0. The number of rotatable bonds is 6. The molecule has 0 radical (unpaired) electrons. The zero-order chi connectivity index (χ0) is 29.6. The zero-order valence-electron chi connectivity index (χ0n) is 21.9. The highest BCUT2D eigenvalue weighted by Gasteiger charge is 2.44. The Labute approximate surface area is 236 Å². The van der Waals surface area contributed by atoms with E-state index in [1.54, 1.807) is 18.2 Å². The number of hydrogen-bond acceptors (Lipinski definition) is 5. The Morgan fingerprint density at radius 3 is 2.40 bits per heavy atom. The molecule has 212 valence electrons. The largest absolute Gasteiger partial charge is 0.493 e. The van der Waals surface area contributed by atoms with E-state index in [1.807, 2.05) is 30.3 Å². The molecule has 1 unspecified atom stereocenters. The number of carbonyl (C=O) groups is 1. The van der Waals surface area contributed by atoms with E-state index in [0.29, 0.717) is 11.3 Å². The molecule has 0 saturated heterocycles. The topological polar surface area (TPSA) is 69.0 Å². The summed E-state index contributed by atoms with van der Waals surface area (Å²) in [5, 5.41) is -0.104. The Bertz CT molecular complexity index is 1880. The van der Waals surface area contributed by atoms with Gasteiger partial charge in [-0.2, -0.15) is 13.2 Å². The van der Waals surface area contributed by atoms with Gasteiger partial charge >= 0.3 is 6.18 Å². The first kappa shape index (κ1) is 27.1. The highest BCUT2D eigenvalue weighted by Crippen LogP contribution is 2.44. The molecule has 1 aromatic heterocycles. The molecule has 0 saturated carbocycles. The van der Waals surface area contributed by atoms with Crippen molar-refractivity contribution in [1.29, 1.82) is 0 Å². The van der Waals surface area contributed by atoms with Gasteiger partial charge < -0.3 is 13.9 Å². The summed E-state index contributed by atoms with van der Waals surface area (Å²) in [7, 11) is 1.41.